The van der Waals surface area contributed by atoms with Gasteiger partial charge in [0.25, 0.3) is 0 Å². The number of aryl methyl sites for hydroxylation is 1. The first-order valence-electron chi connectivity index (χ1n) is 6.83. The number of hydrogen-bond acceptors (Lipinski definition) is 3. The molecule has 2 aromatic carbocycles. The molecule has 0 aliphatic carbocycles. The van der Waals surface area contributed by atoms with E-state index in [-0.39, 0.29) is 11.8 Å². The molecule has 2 rings (SSSR count). The first-order valence-corrected chi connectivity index (χ1v) is 6.83. The minimum atomic E-state index is -0.161. The van der Waals surface area contributed by atoms with E-state index in [9.17, 15) is 5.11 Å². The summed E-state index contributed by atoms with van der Waals surface area (Å²) in [6, 6.07) is 13.8. The Morgan fingerprint density at radius 3 is 2.50 bits per heavy atom. The molecule has 0 fully saturated rings. The molecule has 0 amide bonds. The fourth-order valence-electron chi connectivity index (χ4n) is 2.29. The molecule has 3 N–H and O–H groups in total. The van der Waals surface area contributed by atoms with Gasteiger partial charge in [0.2, 0.25) is 0 Å². The summed E-state index contributed by atoms with van der Waals surface area (Å²) in [5.41, 5.74) is 10.1. The SMILES string of the molecule is Cc1ccccc1CN(C)c1ccc(C(C)N)c(O)c1. The fourth-order valence-corrected chi connectivity index (χ4v) is 2.29. The lowest BCUT2D eigenvalue weighted by molar-refractivity contribution is 0.464. The van der Waals surface area contributed by atoms with Crippen LogP contribution in [0.2, 0.25) is 0 Å². The predicted molar refractivity (Wildman–Crippen MR) is 84.0 cm³/mol. The van der Waals surface area contributed by atoms with Crippen molar-refractivity contribution in [2.75, 3.05) is 11.9 Å². The van der Waals surface area contributed by atoms with Crippen LogP contribution in [-0.2, 0) is 6.54 Å². The van der Waals surface area contributed by atoms with Crippen LogP contribution in [0.1, 0.15) is 29.7 Å². The highest BCUT2D eigenvalue weighted by molar-refractivity contribution is 5.54. The molecule has 2 aromatic rings. The summed E-state index contributed by atoms with van der Waals surface area (Å²) in [6.45, 7) is 4.79. The van der Waals surface area contributed by atoms with Gasteiger partial charge in [0, 0.05) is 37.0 Å². The molecule has 0 aromatic heterocycles. The molecule has 0 bridgehead atoms. The molecule has 3 nitrogen and oxygen atoms in total. The Balaban J connectivity index is 2.20. The van der Waals surface area contributed by atoms with Crippen LogP contribution < -0.4 is 10.6 Å². The van der Waals surface area contributed by atoms with Gasteiger partial charge in [-0.15, -0.1) is 0 Å². The van der Waals surface area contributed by atoms with Crippen LogP contribution in [0, 0.1) is 6.92 Å². The molecule has 0 saturated carbocycles. The molecule has 20 heavy (non-hydrogen) atoms. The van der Waals surface area contributed by atoms with E-state index in [0.717, 1.165) is 17.8 Å². The summed E-state index contributed by atoms with van der Waals surface area (Å²) < 4.78 is 0. The highest BCUT2D eigenvalue weighted by Crippen LogP contribution is 2.28. The summed E-state index contributed by atoms with van der Waals surface area (Å²) in [5.74, 6) is 0.258. The largest absolute Gasteiger partial charge is 0.508 e. The number of nitrogens with zero attached hydrogens (tertiary/aromatic N) is 1. The van der Waals surface area contributed by atoms with Gasteiger partial charge in [-0.2, -0.15) is 0 Å². The molecule has 0 spiro atoms. The molecular weight excluding hydrogens is 248 g/mol. The first kappa shape index (κ1) is 14.4. The predicted octanol–water partition coefficient (Wildman–Crippen LogP) is 3.36. The lowest BCUT2D eigenvalue weighted by atomic mass is 10.1. The van der Waals surface area contributed by atoms with Gasteiger partial charge < -0.3 is 15.7 Å². The van der Waals surface area contributed by atoms with Crippen molar-refractivity contribution in [1.82, 2.24) is 0 Å². The van der Waals surface area contributed by atoms with E-state index in [4.69, 9.17) is 5.73 Å². The molecule has 1 unspecified atom stereocenters. The van der Waals surface area contributed by atoms with Crippen LogP contribution in [0.25, 0.3) is 0 Å². The van der Waals surface area contributed by atoms with Crippen LogP contribution in [0.5, 0.6) is 5.75 Å². The number of phenols is 1. The fraction of sp³-hybridized carbons (Fsp3) is 0.294. The van der Waals surface area contributed by atoms with Crippen LogP contribution in [-0.4, -0.2) is 12.2 Å². The first-order chi connectivity index (χ1) is 9.49. The van der Waals surface area contributed by atoms with Gasteiger partial charge >= 0.3 is 0 Å². The van der Waals surface area contributed by atoms with Crippen molar-refractivity contribution in [3.05, 3.63) is 59.2 Å². The summed E-state index contributed by atoms with van der Waals surface area (Å²) in [7, 11) is 2.02. The number of phenolic OH excluding ortho intramolecular Hbond substituents is 1. The molecular formula is C17H22N2O. The van der Waals surface area contributed by atoms with Gasteiger partial charge in [-0.3, -0.25) is 0 Å². The standard InChI is InChI=1S/C17H22N2O/c1-12-6-4-5-7-14(12)11-19(3)15-8-9-16(13(2)18)17(20)10-15/h4-10,13,20H,11,18H2,1-3H3. The quantitative estimate of drug-likeness (QED) is 0.895. The van der Waals surface area contributed by atoms with Gasteiger partial charge in [-0.25, -0.2) is 0 Å². The third-order valence-corrected chi connectivity index (χ3v) is 3.61. The summed E-state index contributed by atoms with van der Waals surface area (Å²) in [6.07, 6.45) is 0. The number of hydrogen-bond donors (Lipinski definition) is 2. The van der Waals surface area contributed by atoms with Crippen molar-refractivity contribution in [3.63, 3.8) is 0 Å². The zero-order valence-corrected chi connectivity index (χ0v) is 12.3. The molecule has 0 aliphatic rings. The number of benzene rings is 2. The van der Waals surface area contributed by atoms with Crippen LogP contribution >= 0.6 is 0 Å². The Labute approximate surface area is 120 Å². The summed E-state index contributed by atoms with van der Waals surface area (Å²) in [5, 5.41) is 10.0. The average molecular weight is 270 g/mol. The second-order valence-electron chi connectivity index (χ2n) is 5.31. The zero-order valence-electron chi connectivity index (χ0n) is 12.3. The Morgan fingerprint density at radius 1 is 1.20 bits per heavy atom. The van der Waals surface area contributed by atoms with Gasteiger partial charge in [0.15, 0.2) is 0 Å². The number of rotatable bonds is 4. The summed E-state index contributed by atoms with van der Waals surface area (Å²) in [4.78, 5) is 2.12. The second-order valence-corrected chi connectivity index (χ2v) is 5.31. The monoisotopic (exact) mass is 270 g/mol. The van der Waals surface area contributed by atoms with E-state index in [0.29, 0.717) is 0 Å². The molecule has 0 heterocycles. The third-order valence-electron chi connectivity index (χ3n) is 3.61. The van der Waals surface area contributed by atoms with E-state index in [2.05, 4.69) is 24.0 Å². The van der Waals surface area contributed by atoms with Gasteiger partial charge in [-0.05, 0) is 31.0 Å². The molecule has 0 radical (unpaired) electrons. The van der Waals surface area contributed by atoms with Crippen molar-refractivity contribution in [1.29, 1.82) is 0 Å². The van der Waals surface area contributed by atoms with Crippen LogP contribution in [0.3, 0.4) is 0 Å². The van der Waals surface area contributed by atoms with Gasteiger partial charge in [0.05, 0.1) is 0 Å². The van der Waals surface area contributed by atoms with Crippen molar-refractivity contribution in [2.45, 2.75) is 26.4 Å². The van der Waals surface area contributed by atoms with Crippen molar-refractivity contribution in [3.8, 4) is 5.75 Å². The van der Waals surface area contributed by atoms with E-state index in [1.165, 1.54) is 11.1 Å². The van der Waals surface area contributed by atoms with E-state index in [1.807, 2.05) is 38.2 Å². The van der Waals surface area contributed by atoms with Crippen molar-refractivity contribution < 1.29 is 5.11 Å². The number of aromatic hydroxyl groups is 1. The minimum absolute atomic E-state index is 0.161. The maximum Gasteiger partial charge on any atom is 0.122 e. The molecule has 0 aliphatic heterocycles. The normalized spacial score (nSPS) is 12.2. The Kier molecular flexibility index (Phi) is 4.30. The van der Waals surface area contributed by atoms with E-state index >= 15 is 0 Å². The van der Waals surface area contributed by atoms with E-state index < -0.39 is 0 Å². The van der Waals surface area contributed by atoms with Crippen molar-refractivity contribution in [2.24, 2.45) is 5.73 Å². The molecule has 0 saturated heterocycles. The maximum atomic E-state index is 10.0. The molecule has 3 heteroatoms. The maximum absolute atomic E-state index is 10.0. The lowest BCUT2D eigenvalue weighted by Crippen LogP contribution is -2.17. The topological polar surface area (TPSA) is 49.5 Å². The smallest absolute Gasteiger partial charge is 0.122 e. The van der Waals surface area contributed by atoms with Gasteiger partial charge in [0.1, 0.15) is 5.75 Å². The molecule has 106 valence electrons. The number of nitrogens with two attached hydrogens (primary N) is 1. The highest BCUT2D eigenvalue weighted by atomic mass is 16.3. The average Bonchev–Trinajstić information content (AvgIpc) is 2.40. The minimum Gasteiger partial charge on any atom is -0.508 e. The Hall–Kier alpha value is -2.00. The van der Waals surface area contributed by atoms with Gasteiger partial charge in [-0.1, -0.05) is 30.3 Å². The Bertz CT molecular complexity index is 593. The number of anilines is 1. The molecule has 1 atom stereocenters. The van der Waals surface area contributed by atoms with Crippen LogP contribution in [0.4, 0.5) is 5.69 Å². The van der Waals surface area contributed by atoms with Crippen molar-refractivity contribution >= 4 is 5.69 Å². The lowest BCUT2D eigenvalue weighted by Gasteiger charge is -2.21. The zero-order chi connectivity index (χ0) is 14.7. The van der Waals surface area contributed by atoms with Crippen LogP contribution in [0.15, 0.2) is 42.5 Å². The van der Waals surface area contributed by atoms with E-state index in [1.54, 1.807) is 6.07 Å². The highest BCUT2D eigenvalue weighted by Gasteiger charge is 2.10. The Morgan fingerprint density at radius 2 is 1.90 bits per heavy atom. The third kappa shape index (κ3) is 3.11. The summed E-state index contributed by atoms with van der Waals surface area (Å²) >= 11 is 0. The second kappa shape index (κ2) is 5.97.